The van der Waals surface area contributed by atoms with Gasteiger partial charge in [-0.2, -0.15) is 0 Å². The van der Waals surface area contributed by atoms with E-state index in [9.17, 15) is 4.79 Å². The number of benzene rings is 1. The second kappa shape index (κ2) is 9.40. The number of amides is 1. The fourth-order valence-electron chi connectivity index (χ4n) is 2.21. The molecule has 28 heavy (non-hydrogen) atoms. The lowest BCUT2D eigenvalue weighted by Gasteiger charge is -2.08. The van der Waals surface area contributed by atoms with Gasteiger partial charge in [0.1, 0.15) is 18.2 Å². The number of aryl methyl sites for hydroxylation is 1. The van der Waals surface area contributed by atoms with Crippen LogP contribution in [0.1, 0.15) is 11.4 Å². The van der Waals surface area contributed by atoms with Crippen LogP contribution in [0.15, 0.2) is 46.2 Å². The minimum absolute atomic E-state index is 0.169. The number of thioether (sulfide) groups is 1. The minimum atomic E-state index is -0.169. The Balaban J connectivity index is 1.53. The maximum absolute atomic E-state index is 12.1. The number of rotatable bonds is 7. The first-order chi connectivity index (χ1) is 13.4. The van der Waals surface area contributed by atoms with E-state index in [2.05, 4.69) is 36.4 Å². The molecule has 1 amide bonds. The summed E-state index contributed by atoms with van der Waals surface area (Å²) in [4.78, 5) is 16.2. The number of carbonyl (C=O) groups excluding carboxylic acids is 1. The molecule has 0 aliphatic carbocycles. The van der Waals surface area contributed by atoms with Gasteiger partial charge in [-0.05, 0) is 58.7 Å². The standard InChI is InChI=1S/C18H17BrClN5O2S/c1-11-7-13(4-5-14(11)20)27-9-16-23-24-18(25(16)2)28-10-17(26)22-15-6-3-12(19)8-21-15/h3-8H,9-10H2,1-2H3,(H,21,22,26). The molecular formula is C18H17BrClN5O2S. The quantitative estimate of drug-likeness (QED) is 0.507. The van der Waals surface area contributed by atoms with Crippen molar-refractivity contribution in [3.8, 4) is 5.75 Å². The van der Waals surface area contributed by atoms with Gasteiger partial charge in [-0.25, -0.2) is 4.98 Å². The van der Waals surface area contributed by atoms with Crippen LogP contribution in [0.5, 0.6) is 5.75 Å². The highest BCUT2D eigenvalue weighted by Gasteiger charge is 2.12. The summed E-state index contributed by atoms with van der Waals surface area (Å²) in [5, 5.41) is 12.3. The van der Waals surface area contributed by atoms with Gasteiger partial charge in [0.15, 0.2) is 11.0 Å². The number of aromatic nitrogens is 4. The fraction of sp³-hybridized carbons (Fsp3) is 0.222. The highest BCUT2D eigenvalue weighted by atomic mass is 79.9. The van der Waals surface area contributed by atoms with E-state index >= 15 is 0 Å². The van der Waals surface area contributed by atoms with Crippen molar-refractivity contribution >= 4 is 51.0 Å². The lowest BCUT2D eigenvalue weighted by atomic mass is 10.2. The van der Waals surface area contributed by atoms with Crippen molar-refractivity contribution in [1.29, 1.82) is 0 Å². The van der Waals surface area contributed by atoms with Gasteiger partial charge in [0, 0.05) is 22.7 Å². The number of hydrogen-bond acceptors (Lipinski definition) is 6. The topological polar surface area (TPSA) is 81.9 Å². The minimum Gasteiger partial charge on any atom is -0.486 e. The van der Waals surface area contributed by atoms with Gasteiger partial charge in [-0.15, -0.1) is 10.2 Å². The van der Waals surface area contributed by atoms with Crippen LogP contribution in [0.4, 0.5) is 5.82 Å². The van der Waals surface area contributed by atoms with Crippen LogP contribution in [0.2, 0.25) is 5.02 Å². The summed E-state index contributed by atoms with van der Waals surface area (Å²) in [5.74, 6) is 1.89. The van der Waals surface area contributed by atoms with Crippen LogP contribution in [0.3, 0.4) is 0 Å². The summed E-state index contributed by atoms with van der Waals surface area (Å²) in [7, 11) is 1.84. The largest absolute Gasteiger partial charge is 0.486 e. The molecule has 0 aliphatic rings. The molecule has 0 bridgehead atoms. The Hall–Kier alpha value is -2.10. The Bertz CT molecular complexity index is 981. The molecule has 3 rings (SSSR count). The second-order valence-electron chi connectivity index (χ2n) is 5.86. The fourth-order valence-corrected chi connectivity index (χ4v) is 3.29. The average molecular weight is 483 g/mol. The number of nitrogens with one attached hydrogen (secondary N) is 1. The lowest BCUT2D eigenvalue weighted by Crippen LogP contribution is -2.15. The van der Waals surface area contributed by atoms with Crippen LogP contribution in [0.25, 0.3) is 0 Å². The Kier molecular flexibility index (Phi) is 6.93. The predicted octanol–water partition coefficient (Wildman–Crippen LogP) is 4.24. The first-order valence-electron chi connectivity index (χ1n) is 8.24. The van der Waals surface area contributed by atoms with Gasteiger partial charge < -0.3 is 14.6 Å². The number of ether oxygens (including phenoxy) is 1. The highest BCUT2D eigenvalue weighted by Crippen LogP contribution is 2.22. The van der Waals surface area contributed by atoms with Crippen molar-refractivity contribution in [2.24, 2.45) is 7.05 Å². The van der Waals surface area contributed by atoms with E-state index in [4.69, 9.17) is 16.3 Å². The van der Waals surface area contributed by atoms with Crippen LogP contribution in [-0.2, 0) is 18.4 Å². The third-order valence-electron chi connectivity index (χ3n) is 3.75. The molecule has 1 aromatic carbocycles. The first kappa shape index (κ1) is 20.6. The molecule has 2 aromatic heterocycles. The molecule has 0 atom stereocenters. The van der Waals surface area contributed by atoms with Gasteiger partial charge >= 0.3 is 0 Å². The highest BCUT2D eigenvalue weighted by molar-refractivity contribution is 9.10. The Morgan fingerprint density at radius 3 is 2.86 bits per heavy atom. The van der Waals surface area contributed by atoms with Crippen LogP contribution in [0, 0.1) is 6.92 Å². The molecule has 146 valence electrons. The molecule has 7 nitrogen and oxygen atoms in total. The molecule has 0 aliphatic heterocycles. The van der Waals surface area contributed by atoms with Gasteiger partial charge in [-0.1, -0.05) is 23.4 Å². The van der Waals surface area contributed by atoms with Gasteiger partial charge in [0.2, 0.25) is 5.91 Å². The van der Waals surface area contributed by atoms with Gasteiger partial charge in [-0.3, -0.25) is 4.79 Å². The smallest absolute Gasteiger partial charge is 0.236 e. The lowest BCUT2D eigenvalue weighted by molar-refractivity contribution is -0.113. The zero-order valence-corrected chi connectivity index (χ0v) is 18.3. The zero-order valence-electron chi connectivity index (χ0n) is 15.1. The van der Waals surface area contributed by atoms with E-state index in [0.717, 1.165) is 10.0 Å². The van der Waals surface area contributed by atoms with E-state index in [-0.39, 0.29) is 18.3 Å². The summed E-state index contributed by atoms with van der Waals surface area (Å²) in [6.45, 7) is 2.18. The summed E-state index contributed by atoms with van der Waals surface area (Å²) >= 11 is 10.6. The molecule has 2 heterocycles. The second-order valence-corrected chi connectivity index (χ2v) is 8.12. The van der Waals surface area contributed by atoms with Crippen LogP contribution >= 0.6 is 39.3 Å². The van der Waals surface area contributed by atoms with E-state index in [1.807, 2.05) is 32.2 Å². The molecule has 0 fully saturated rings. The van der Waals surface area contributed by atoms with Crippen molar-refractivity contribution in [3.05, 3.63) is 57.4 Å². The molecule has 1 N–H and O–H groups in total. The molecule has 0 unspecified atom stereocenters. The summed E-state index contributed by atoms with van der Waals surface area (Å²) < 4.78 is 8.41. The summed E-state index contributed by atoms with van der Waals surface area (Å²) in [5.41, 5.74) is 0.944. The van der Waals surface area contributed by atoms with Crippen molar-refractivity contribution < 1.29 is 9.53 Å². The maximum atomic E-state index is 12.1. The Morgan fingerprint density at radius 2 is 2.14 bits per heavy atom. The normalized spacial score (nSPS) is 10.7. The molecule has 10 heteroatoms. The molecule has 0 spiro atoms. The third kappa shape index (κ3) is 5.46. The van der Waals surface area contributed by atoms with E-state index in [0.29, 0.717) is 27.6 Å². The zero-order chi connectivity index (χ0) is 20.1. The van der Waals surface area contributed by atoms with Crippen molar-refractivity contribution in [2.45, 2.75) is 18.7 Å². The maximum Gasteiger partial charge on any atom is 0.236 e. The third-order valence-corrected chi connectivity index (χ3v) is 5.66. The molecular weight excluding hydrogens is 466 g/mol. The molecule has 3 aromatic rings. The van der Waals surface area contributed by atoms with Crippen molar-refractivity contribution in [3.63, 3.8) is 0 Å². The van der Waals surface area contributed by atoms with Crippen LogP contribution < -0.4 is 10.1 Å². The van der Waals surface area contributed by atoms with Gasteiger partial charge in [0.25, 0.3) is 0 Å². The summed E-state index contributed by atoms with van der Waals surface area (Å²) in [6.07, 6.45) is 1.62. The predicted molar refractivity (Wildman–Crippen MR) is 113 cm³/mol. The number of pyridine rings is 1. The van der Waals surface area contributed by atoms with Crippen LogP contribution in [-0.4, -0.2) is 31.4 Å². The Labute approximate surface area is 180 Å². The number of halogens is 2. The van der Waals surface area contributed by atoms with E-state index < -0.39 is 0 Å². The molecule has 0 radical (unpaired) electrons. The first-order valence-corrected chi connectivity index (χ1v) is 10.4. The Morgan fingerprint density at radius 1 is 1.32 bits per heavy atom. The number of nitrogens with zero attached hydrogens (tertiary/aromatic N) is 4. The van der Waals surface area contributed by atoms with Crippen molar-refractivity contribution in [1.82, 2.24) is 19.7 Å². The monoisotopic (exact) mass is 481 g/mol. The van der Waals surface area contributed by atoms with E-state index in [1.54, 1.807) is 22.9 Å². The number of anilines is 1. The van der Waals surface area contributed by atoms with Crippen molar-refractivity contribution in [2.75, 3.05) is 11.1 Å². The molecule has 0 saturated heterocycles. The number of hydrogen-bond donors (Lipinski definition) is 1. The van der Waals surface area contributed by atoms with E-state index in [1.165, 1.54) is 11.8 Å². The SMILES string of the molecule is Cc1cc(OCc2nnc(SCC(=O)Nc3ccc(Br)cn3)n2C)ccc1Cl. The van der Waals surface area contributed by atoms with Gasteiger partial charge in [0.05, 0.1) is 5.75 Å². The summed E-state index contributed by atoms with van der Waals surface area (Å²) in [6, 6.07) is 9.01. The number of carbonyl (C=O) groups is 1. The molecule has 0 saturated carbocycles. The average Bonchev–Trinajstić information content (AvgIpc) is 3.03.